The zero-order chi connectivity index (χ0) is 31.1. The highest BCUT2D eigenvalue weighted by Gasteiger charge is 2.40. The minimum absolute atomic E-state index is 0.0212. The Bertz CT molecular complexity index is 1500. The lowest BCUT2D eigenvalue weighted by atomic mass is 10.0. The molecule has 3 aromatic carbocycles. The number of hydrogen-bond acceptors (Lipinski definition) is 7. The van der Waals surface area contributed by atoms with Crippen molar-refractivity contribution in [2.75, 3.05) is 24.5 Å². The smallest absolute Gasteiger partial charge is 0.415 e. The van der Waals surface area contributed by atoms with Gasteiger partial charge in [-0.15, -0.1) is 0 Å². The molecule has 230 valence electrons. The van der Waals surface area contributed by atoms with Crippen molar-refractivity contribution in [3.63, 3.8) is 0 Å². The fourth-order valence-corrected chi connectivity index (χ4v) is 6.44. The van der Waals surface area contributed by atoms with Crippen LogP contribution in [-0.2, 0) is 26.0 Å². The van der Waals surface area contributed by atoms with E-state index in [0.717, 1.165) is 17.5 Å². The largest absolute Gasteiger partial charge is 0.506 e. The number of para-hydroxylation sites is 2. The Kier molecular flexibility index (Phi) is 10.4. The SMILES string of the molecule is CC[C@H](C)CN(C[C@@H](O)[C@H](Cc1ccccc1)NC(=O)[C@@H]1CN(c2ccccc2O)C(=O)O1)S(=O)(=O)c1ccc(C)cc1. The first-order chi connectivity index (χ1) is 20.5. The number of carbonyl (C=O) groups excluding carboxylic acids is 2. The van der Waals surface area contributed by atoms with Crippen LogP contribution in [0.3, 0.4) is 0 Å². The van der Waals surface area contributed by atoms with Crippen molar-refractivity contribution < 1.29 is 33.0 Å². The molecule has 10 nitrogen and oxygen atoms in total. The van der Waals surface area contributed by atoms with Gasteiger partial charge in [0.2, 0.25) is 10.0 Å². The van der Waals surface area contributed by atoms with Gasteiger partial charge in [-0.05, 0) is 49.1 Å². The lowest BCUT2D eigenvalue weighted by Gasteiger charge is -2.31. The van der Waals surface area contributed by atoms with E-state index in [0.29, 0.717) is 0 Å². The van der Waals surface area contributed by atoms with E-state index in [1.165, 1.54) is 15.3 Å². The van der Waals surface area contributed by atoms with Gasteiger partial charge in [-0.2, -0.15) is 4.31 Å². The second-order valence-corrected chi connectivity index (χ2v) is 12.9. The molecule has 3 aromatic rings. The number of rotatable bonds is 13. The van der Waals surface area contributed by atoms with E-state index in [1.54, 1.807) is 42.5 Å². The third-order valence-electron chi connectivity index (χ3n) is 7.63. The summed E-state index contributed by atoms with van der Waals surface area (Å²) < 4.78 is 34.0. The van der Waals surface area contributed by atoms with Gasteiger partial charge in [-0.3, -0.25) is 9.69 Å². The van der Waals surface area contributed by atoms with Crippen molar-refractivity contribution in [1.82, 2.24) is 9.62 Å². The molecule has 0 aromatic heterocycles. The number of phenolic OH excluding ortho intramolecular Hbond substituents is 1. The molecule has 0 bridgehead atoms. The van der Waals surface area contributed by atoms with Gasteiger partial charge in [0.05, 0.1) is 29.3 Å². The van der Waals surface area contributed by atoms with Crippen LogP contribution < -0.4 is 10.2 Å². The molecule has 2 amide bonds. The fraction of sp³-hybridized carbons (Fsp3) is 0.375. The van der Waals surface area contributed by atoms with Crippen molar-refractivity contribution in [3.05, 3.63) is 90.0 Å². The molecular weight excluding hydrogens is 570 g/mol. The summed E-state index contributed by atoms with van der Waals surface area (Å²) in [7, 11) is -3.96. The van der Waals surface area contributed by atoms with Crippen LogP contribution in [0.25, 0.3) is 0 Å². The van der Waals surface area contributed by atoms with Gasteiger partial charge in [0.15, 0.2) is 6.10 Å². The standard InChI is InChI=1S/C32H39N3O7S/c1-4-22(2)19-34(43(40,41)25-16-14-23(3)15-17-25)20-29(37)26(18-24-10-6-5-7-11-24)33-31(38)30-21-35(32(39)42-30)27-12-8-9-13-28(27)36/h5-17,22,26,29-30,36-37H,4,18-21H2,1-3H3,(H,33,38)/t22-,26-,29+,30-/m0/s1. The van der Waals surface area contributed by atoms with Crippen LogP contribution in [0.1, 0.15) is 31.4 Å². The van der Waals surface area contributed by atoms with Crippen LogP contribution in [0, 0.1) is 12.8 Å². The van der Waals surface area contributed by atoms with Gasteiger partial charge in [-0.1, -0.05) is 80.4 Å². The molecule has 0 unspecified atom stereocenters. The van der Waals surface area contributed by atoms with Crippen molar-refractivity contribution in [2.24, 2.45) is 5.92 Å². The number of benzene rings is 3. The molecule has 0 aliphatic carbocycles. The molecule has 1 aliphatic heterocycles. The Morgan fingerprint density at radius 2 is 1.70 bits per heavy atom. The van der Waals surface area contributed by atoms with E-state index in [9.17, 15) is 28.2 Å². The highest BCUT2D eigenvalue weighted by atomic mass is 32.2. The lowest BCUT2D eigenvalue weighted by Crippen LogP contribution is -2.53. The predicted molar refractivity (Wildman–Crippen MR) is 163 cm³/mol. The maximum absolute atomic E-state index is 13.7. The summed E-state index contributed by atoms with van der Waals surface area (Å²) in [5.41, 5.74) is 1.96. The molecule has 4 atom stereocenters. The molecule has 4 rings (SSSR count). The molecule has 1 fully saturated rings. The Balaban J connectivity index is 1.56. The fourth-order valence-electron chi connectivity index (χ4n) is 4.86. The molecule has 1 heterocycles. The van der Waals surface area contributed by atoms with Crippen molar-refractivity contribution in [3.8, 4) is 5.75 Å². The summed E-state index contributed by atoms with van der Waals surface area (Å²) >= 11 is 0. The van der Waals surface area contributed by atoms with Crippen LogP contribution in [0.15, 0.2) is 83.8 Å². The number of amides is 2. The zero-order valence-corrected chi connectivity index (χ0v) is 25.4. The Morgan fingerprint density at radius 3 is 2.35 bits per heavy atom. The number of aryl methyl sites for hydroxylation is 1. The monoisotopic (exact) mass is 609 g/mol. The normalized spacial score (nSPS) is 17.4. The number of aliphatic hydroxyl groups excluding tert-OH is 1. The number of nitrogens with zero attached hydrogens (tertiary/aromatic N) is 2. The number of nitrogens with one attached hydrogen (secondary N) is 1. The molecule has 1 saturated heterocycles. The summed E-state index contributed by atoms with van der Waals surface area (Å²) in [5.74, 6) is -0.747. The van der Waals surface area contributed by atoms with E-state index < -0.39 is 40.3 Å². The molecule has 11 heteroatoms. The number of cyclic esters (lactones) is 1. The summed E-state index contributed by atoms with van der Waals surface area (Å²) in [6.45, 7) is 5.57. The number of aliphatic hydroxyl groups is 1. The number of carbonyl (C=O) groups is 2. The molecule has 0 radical (unpaired) electrons. The second kappa shape index (κ2) is 14.0. The first-order valence-electron chi connectivity index (χ1n) is 14.3. The number of ether oxygens (including phenoxy) is 1. The summed E-state index contributed by atoms with van der Waals surface area (Å²) in [6.07, 6.45) is -2.34. The van der Waals surface area contributed by atoms with Gasteiger partial charge in [0.25, 0.3) is 5.91 Å². The number of phenols is 1. The van der Waals surface area contributed by atoms with Gasteiger partial charge < -0.3 is 20.3 Å². The maximum atomic E-state index is 13.7. The Labute approximate surface area is 253 Å². The Morgan fingerprint density at radius 1 is 1.05 bits per heavy atom. The van der Waals surface area contributed by atoms with Gasteiger partial charge >= 0.3 is 6.09 Å². The van der Waals surface area contributed by atoms with E-state index >= 15 is 0 Å². The highest BCUT2D eigenvalue weighted by Crippen LogP contribution is 2.30. The number of anilines is 1. The average Bonchev–Trinajstić information content (AvgIpc) is 3.38. The maximum Gasteiger partial charge on any atom is 0.415 e. The summed E-state index contributed by atoms with van der Waals surface area (Å²) in [5, 5.41) is 24.5. The van der Waals surface area contributed by atoms with Crippen molar-refractivity contribution >= 4 is 27.7 Å². The number of aromatic hydroxyl groups is 1. The molecular formula is C32H39N3O7S. The van der Waals surface area contributed by atoms with Crippen LogP contribution in [-0.4, -0.2) is 72.8 Å². The minimum atomic E-state index is -3.96. The van der Waals surface area contributed by atoms with E-state index in [-0.39, 0.29) is 48.3 Å². The van der Waals surface area contributed by atoms with Crippen molar-refractivity contribution in [1.29, 1.82) is 0 Å². The zero-order valence-electron chi connectivity index (χ0n) is 24.6. The number of hydrogen-bond donors (Lipinski definition) is 3. The summed E-state index contributed by atoms with van der Waals surface area (Å²) in [4.78, 5) is 27.3. The molecule has 0 saturated carbocycles. The van der Waals surface area contributed by atoms with E-state index in [2.05, 4.69) is 5.32 Å². The number of sulfonamides is 1. The first kappa shape index (κ1) is 32.0. The van der Waals surface area contributed by atoms with E-state index in [1.807, 2.05) is 51.1 Å². The van der Waals surface area contributed by atoms with Crippen molar-refractivity contribution in [2.45, 2.75) is 56.8 Å². The quantitative estimate of drug-likeness (QED) is 0.268. The van der Waals surface area contributed by atoms with Crippen LogP contribution >= 0.6 is 0 Å². The molecule has 0 spiro atoms. The average molecular weight is 610 g/mol. The second-order valence-electron chi connectivity index (χ2n) is 11.0. The van der Waals surface area contributed by atoms with Gasteiger partial charge in [0, 0.05) is 13.1 Å². The topological polar surface area (TPSA) is 136 Å². The first-order valence-corrected chi connectivity index (χ1v) is 15.8. The van der Waals surface area contributed by atoms with Crippen LogP contribution in [0.2, 0.25) is 0 Å². The molecule has 43 heavy (non-hydrogen) atoms. The highest BCUT2D eigenvalue weighted by molar-refractivity contribution is 7.89. The lowest BCUT2D eigenvalue weighted by molar-refractivity contribution is -0.129. The third kappa shape index (κ3) is 7.92. The predicted octanol–water partition coefficient (Wildman–Crippen LogP) is 3.85. The van der Waals surface area contributed by atoms with Crippen LogP contribution in [0.4, 0.5) is 10.5 Å². The van der Waals surface area contributed by atoms with Gasteiger partial charge in [-0.25, -0.2) is 13.2 Å². The van der Waals surface area contributed by atoms with E-state index in [4.69, 9.17) is 4.74 Å². The Hall–Kier alpha value is -3.93. The van der Waals surface area contributed by atoms with Crippen LogP contribution in [0.5, 0.6) is 5.75 Å². The molecule has 1 aliphatic rings. The van der Waals surface area contributed by atoms with Gasteiger partial charge in [0.1, 0.15) is 5.75 Å². The molecule has 3 N–H and O–H groups in total. The third-order valence-corrected chi connectivity index (χ3v) is 9.47. The minimum Gasteiger partial charge on any atom is -0.506 e. The summed E-state index contributed by atoms with van der Waals surface area (Å²) in [6, 6.07) is 21.1.